The topological polar surface area (TPSA) is 72.8 Å². The highest BCUT2D eigenvalue weighted by Crippen LogP contribution is 2.30. The van der Waals surface area contributed by atoms with E-state index in [0.29, 0.717) is 23.0 Å². The number of rotatable bonds is 3. The third-order valence-electron chi connectivity index (χ3n) is 2.05. The maximum absolute atomic E-state index is 5.27. The van der Waals surface area contributed by atoms with Crippen molar-refractivity contribution in [3.8, 4) is 17.1 Å². The predicted octanol–water partition coefficient (Wildman–Crippen LogP) is 0.984. The summed E-state index contributed by atoms with van der Waals surface area (Å²) in [7, 11) is 3.34. The molecule has 1 N–H and O–H groups in total. The van der Waals surface area contributed by atoms with E-state index in [1.807, 2.05) is 0 Å². The number of hydrogen-bond acceptors (Lipinski definition) is 6. The van der Waals surface area contributed by atoms with Gasteiger partial charge in [0.25, 0.3) is 0 Å². The summed E-state index contributed by atoms with van der Waals surface area (Å²) in [6, 6.07) is 0. The Kier molecular flexibility index (Phi) is 2.90. The van der Waals surface area contributed by atoms with Gasteiger partial charge in [0.2, 0.25) is 0 Å². The van der Waals surface area contributed by atoms with Crippen molar-refractivity contribution in [2.45, 2.75) is 0 Å². The van der Waals surface area contributed by atoms with Crippen LogP contribution in [0, 0.1) is 0 Å². The van der Waals surface area contributed by atoms with E-state index in [9.17, 15) is 0 Å². The van der Waals surface area contributed by atoms with Crippen molar-refractivity contribution in [1.82, 2.24) is 19.9 Å². The molecule has 16 heavy (non-hydrogen) atoms. The van der Waals surface area contributed by atoms with Crippen molar-refractivity contribution >= 4 is 5.82 Å². The van der Waals surface area contributed by atoms with Gasteiger partial charge in [0.1, 0.15) is 17.7 Å². The minimum atomic E-state index is 0.561. The van der Waals surface area contributed by atoms with Crippen LogP contribution in [0.2, 0.25) is 0 Å². The van der Waals surface area contributed by atoms with E-state index < -0.39 is 0 Å². The summed E-state index contributed by atoms with van der Waals surface area (Å²) in [6.07, 6.45) is 6.30. The first-order valence-corrected chi connectivity index (χ1v) is 4.70. The number of methoxy groups -OCH3 is 1. The van der Waals surface area contributed by atoms with Crippen LogP contribution >= 0.6 is 0 Å². The molecule has 0 amide bonds. The molecule has 0 aliphatic rings. The summed E-state index contributed by atoms with van der Waals surface area (Å²) in [5.41, 5.74) is 1.27. The maximum atomic E-state index is 5.27. The van der Waals surface area contributed by atoms with E-state index in [1.54, 1.807) is 32.7 Å². The van der Waals surface area contributed by atoms with Crippen molar-refractivity contribution in [1.29, 1.82) is 0 Å². The zero-order valence-electron chi connectivity index (χ0n) is 9.01. The van der Waals surface area contributed by atoms with Crippen LogP contribution in [0.25, 0.3) is 11.4 Å². The van der Waals surface area contributed by atoms with E-state index in [1.165, 1.54) is 6.33 Å². The Morgan fingerprint density at radius 3 is 2.69 bits per heavy atom. The van der Waals surface area contributed by atoms with Crippen molar-refractivity contribution in [3.63, 3.8) is 0 Å². The molecule has 82 valence electrons. The summed E-state index contributed by atoms with van der Waals surface area (Å²) in [5, 5.41) is 2.93. The normalized spacial score (nSPS) is 9.88. The molecule has 0 aliphatic heterocycles. The predicted molar refractivity (Wildman–Crippen MR) is 59.2 cm³/mol. The number of hydrogen-bond donors (Lipinski definition) is 1. The van der Waals surface area contributed by atoms with Crippen LogP contribution in [0.4, 0.5) is 5.82 Å². The lowest BCUT2D eigenvalue weighted by Crippen LogP contribution is -2.01. The third kappa shape index (κ3) is 1.77. The Morgan fingerprint density at radius 2 is 2.06 bits per heavy atom. The van der Waals surface area contributed by atoms with Crippen molar-refractivity contribution in [3.05, 3.63) is 24.9 Å². The molecular formula is C10H11N5O. The van der Waals surface area contributed by atoms with Gasteiger partial charge in [-0.05, 0) is 0 Å². The third-order valence-corrected chi connectivity index (χ3v) is 2.05. The minimum absolute atomic E-state index is 0.561. The van der Waals surface area contributed by atoms with Gasteiger partial charge in [0, 0.05) is 19.4 Å². The number of anilines is 1. The summed E-state index contributed by atoms with van der Waals surface area (Å²) < 4.78 is 5.27. The lowest BCUT2D eigenvalue weighted by atomic mass is 10.2. The molecule has 0 fully saturated rings. The highest BCUT2D eigenvalue weighted by Gasteiger charge is 2.13. The van der Waals surface area contributed by atoms with Gasteiger partial charge in [-0.15, -0.1) is 0 Å². The largest absolute Gasteiger partial charge is 0.491 e. The molecule has 6 heteroatoms. The molecule has 0 bridgehead atoms. The number of nitrogens with zero attached hydrogens (tertiary/aromatic N) is 4. The van der Waals surface area contributed by atoms with Crippen LogP contribution in [0.15, 0.2) is 24.9 Å². The summed E-state index contributed by atoms with van der Waals surface area (Å²) >= 11 is 0. The van der Waals surface area contributed by atoms with Gasteiger partial charge in [0.15, 0.2) is 11.6 Å². The first-order valence-electron chi connectivity index (χ1n) is 4.70. The van der Waals surface area contributed by atoms with Gasteiger partial charge in [-0.1, -0.05) is 0 Å². The second-order valence-electron chi connectivity index (χ2n) is 2.94. The molecule has 0 unspecified atom stereocenters. The Balaban J connectivity index is 2.57. The van der Waals surface area contributed by atoms with Gasteiger partial charge >= 0.3 is 0 Å². The van der Waals surface area contributed by atoms with Crippen LogP contribution in [-0.4, -0.2) is 34.1 Å². The lowest BCUT2D eigenvalue weighted by Gasteiger charge is -2.09. The molecule has 2 rings (SSSR count). The molecule has 0 spiro atoms. The molecule has 2 aromatic heterocycles. The first-order chi connectivity index (χ1) is 7.86. The second-order valence-corrected chi connectivity index (χ2v) is 2.94. The fourth-order valence-corrected chi connectivity index (χ4v) is 1.35. The Morgan fingerprint density at radius 1 is 1.19 bits per heavy atom. The van der Waals surface area contributed by atoms with E-state index >= 15 is 0 Å². The average molecular weight is 217 g/mol. The molecule has 2 aromatic rings. The van der Waals surface area contributed by atoms with E-state index in [0.717, 1.165) is 0 Å². The molecule has 0 aromatic carbocycles. The highest BCUT2D eigenvalue weighted by atomic mass is 16.5. The zero-order valence-corrected chi connectivity index (χ0v) is 9.01. The molecule has 0 aliphatic carbocycles. The Bertz CT molecular complexity index is 474. The fourth-order valence-electron chi connectivity index (χ4n) is 1.35. The fraction of sp³-hybridized carbons (Fsp3) is 0.200. The van der Waals surface area contributed by atoms with Gasteiger partial charge in [-0.3, -0.25) is 9.97 Å². The van der Waals surface area contributed by atoms with Gasteiger partial charge in [-0.25, -0.2) is 9.97 Å². The minimum Gasteiger partial charge on any atom is -0.491 e. The zero-order chi connectivity index (χ0) is 11.4. The molecule has 6 nitrogen and oxygen atoms in total. The monoisotopic (exact) mass is 217 g/mol. The molecule has 0 saturated heterocycles. The quantitative estimate of drug-likeness (QED) is 0.826. The van der Waals surface area contributed by atoms with E-state index in [2.05, 4.69) is 25.3 Å². The van der Waals surface area contributed by atoms with Crippen LogP contribution in [0.5, 0.6) is 5.75 Å². The van der Waals surface area contributed by atoms with Crippen LogP contribution in [0.1, 0.15) is 0 Å². The van der Waals surface area contributed by atoms with Crippen LogP contribution in [0.3, 0.4) is 0 Å². The summed E-state index contributed by atoms with van der Waals surface area (Å²) in [6.45, 7) is 0. The Labute approximate surface area is 92.8 Å². The average Bonchev–Trinajstić information content (AvgIpc) is 2.38. The summed E-state index contributed by atoms with van der Waals surface area (Å²) in [4.78, 5) is 16.4. The standard InChI is InChI=1S/C10H11N5O/c1-11-10-9(16-2)8(14-6-15-10)7-5-12-3-4-13-7/h3-6H,1-2H3,(H,11,14,15). The van der Waals surface area contributed by atoms with Crippen LogP contribution < -0.4 is 10.1 Å². The number of ether oxygens (including phenoxy) is 1. The summed E-state index contributed by atoms with van der Waals surface area (Å²) in [5.74, 6) is 1.18. The number of nitrogens with one attached hydrogen (secondary N) is 1. The Hall–Kier alpha value is -2.24. The van der Waals surface area contributed by atoms with Gasteiger partial charge in [0.05, 0.1) is 13.3 Å². The van der Waals surface area contributed by atoms with Gasteiger partial charge in [-0.2, -0.15) is 0 Å². The maximum Gasteiger partial charge on any atom is 0.189 e. The van der Waals surface area contributed by atoms with Crippen molar-refractivity contribution < 1.29 is 4.74 Å². The molecule has 0 atom stereocenters. The lowest BCUT2D eigenvalue weighted by molar-refractivity contribution is 0.414. The molecule has 2 heterocycles. The van der Waals surface area contributed by atoms with E-state index in [-0.39, 0.29) is 0 Å². The van der Waals surface area contributed by atoms with Gasteiger partial charge < -0.3 is 10.1 Å². The van der Waals surface area contributed by atoms with Crippen LogP contribution in [-0.2, 0) is 0 Å². The molecule has 0 saturated carbocycles. The van der Waals surface area contributed by atoms with Crippen molar-refractivity contribution in [2.24, 2.45) is 0 Å². The highest BCUT2D eigenvalue weighted by molar-refractivity contribution is 5.69. The SMILES string of the molecule is CNc1ncnc(-c2cnccn2)c1OC. The molecular weight excluding hydrogens is 206 g/mol. The smallest absolute Gasteiger partial charge is 0.189 e. The van der Waals surface area contributed by atoms with E-state index in [4.69, 9.17) is 4.74 Å². The van der Waals surface area contributed by atoms with Crippen molar-refractivity contribution in [2.75, 3.05) is 19.5 Å². The first kappa shape index (κ1) is 10.3. The second kappa shape index (κ2) is 4.52. The molecule has 0 radical (unpaired) electrons. The number of aromatic nitrogens is 4.